The molecule has 0 unspecified atom stereocenters. The molecule has 0 aliphatic rings. The number of hydrogen-bond donors (Lipinski definition) is 0. The van der Waals surface area contributed by atoms with E-state index in [4.69, 9.17) is 4.74 Å². The predicted molar refractivity (Wildman–Crippen MR) is 47.7 cm³/mol. The van der Waals surface area contributed by atoms with Gasteiger partial charge in [-0.2, -0.15) is 0 Å². The minimum Gasteiger partial charge on any atom is -0.372 e. The molecule has 0 saturated carbocycles. The molecule has 0 aliphatic carbocycles. The van der Waals surface area contributed by atoms with Gasteiger partial charge >= 0.3 is 0 Å². The maximum atomic E-state index is 4.81. The summed E-state index contributed by atoms with van der Waals surface area (Å²) in [6, 6.07) is 1.94. The predicted octanol–water partition coefficient (Wildman–Crippen LogP) is 1.39. The summed E-state index contributed by atoms with van der Waals surface area (Å²) in [5.41, 5.74) is 2.11. The largest absolute Gasteiger partial charge is 0.372 e. The van der Waals surface area contributed by atoms with E-state index in [0.29, 0.717) is 6.61 Å². The molecule has 2 heteroatoms. The molecular formula is C10H11NO. The first-order valence-electron chi connectivity index (χ1n) is 3.73. The van der Waals surface area contributed by atoms with Crippen LogP contribution in [0, 0.1) is 18.8 Å². The molecule has 1 heterocycles. The first kappa shape index (κ1) is 8.76. The van der Waals surface area contributed by atoms with Crippen molar-refractivity contribution in [1.29, 1.82) is 0 Å². The van der Waals surface area contributed by atoms with Gasteiger partial charge in [0.15, 0.2) is 0 Å². The second-order valence-corrected chi connectivity index (χ2v) is 2.43. The van der Waals surface area contributed by atoms with E-state index in [1.165, 1.54) is 0 Å². The third-order valence-electron chi connectivity index (χ3n) is 1.48. The lowest BCUT2D eigenvalue weighted by Crippen LogP contribution is -1.85. The molecular weight excluding hydrogens is 150 g/mol. The first-order chi connectivity index (χ1) is 5.84. The second-order valence-electron chi connectivity index (χ2n) is 2.43. The standard InChI is InChI=1S/C10H11NO/c1-9-5-6-11-8-10(9)4-3-7-12-2/h5-6,8H,7H2,1-2H3. The topological polar surface area (TPSA) is 22.1 Å². The number of aryl methyl sites for hydroxylation is 1. The summed E-state index contributed by atoms with van der Waals surface area (Å²) in [5, 5.41) is 0. The average molecular weight is 161 g/mol. The highest BCUT2D eigenvalue weighted by Gasteiger charge is 1.90. The average Bonchev–Trinajstić information content (AvgIpc) is 2.09. The van der Waals surface area contributed by atoms with Crippen LogP contribution in [0.1, 0.15) is 11.1 Å². The zero-order chi connectivity index (χ0) is 8.81. The third-order valence-corrected chi connectivity index (χ3v) is 1.48. The Morgan fingerprint density at radius 3 is 3.08 bits per heavy atom. The zero-order valence-electron chi connectivity index (χ0n) is 7.29. The van der Waals surface area contributed by atoms with Gasteiger partial charge in [-0.15, -0.1) is 0 Å². The van der Waals surface area contributed by atoms with Crippen LogP contribution in [0.5, 0.6) is 0 Å². The van der Waals surface area contributed by atoms with Crippen LogP contribution in [0.15, 0.2) is 18.5 Å². The van der Waals surface area contributed by atoms with Gasteiger partial charge in [0.05, 0.1) is 0 Å². The van der Waals surface area contributed by atoms with E-state index in [1.54, 1.807) is 19.5 Å². The Morgan fingerprint density at radius 2 is 2.42 bits per heavy atom. The number of ether oxygens (including phenoxy) is 1. The van der Waals surface area contributed by atoms with Gasteiger partial charge in [0.1, 0.15) is 6.61 Å². The van der Waals surface area contributed by atoms with Crippen LogP contribution in [-0.4, -0.2) is 18.7 Å². The Labute approximate surface area is 72.6 Å². The minimum absolute atomic E-state index is 0.467. The molecule has 0 amide bonds. The molecule has 0 spiro atoms. The molecule has 0 saturated heterocycles. The fourth-order valence-corrected chi connectivity index (χ4v) is 0.798. The molecule has 0 N–H and O–H groups in total. The van der Waals surface area contributed by atoms with Crippen molar-refractivity contribution in [1.82, 2.24) is 4.98 Å². The van der Waals surface area contributed by atoms with E-state index >= 15 is 0 Å². The first-order valence-corrected chi connectivity index (χ1v) is 3.73. The van der Waals surface area contributed by atoms with E-state index < -0.39 is 0 Å². The van der Waals surface area contributed by atoms with Crippen LogP contribution >= 0.6 is 0 Å². The Kier molecular flexibility index (Phi) is 3.31. The normalized spacial score (nSPS) is 8.83. The van der Waals surface area contributed by atoms with Gasteiger partial charge in [0, 0.05) is 25.1 Å². The highest BCUT2D eigenvalue weighted by molar-refractivity contribution is 5.38. The van der Waals surface area contributed by atoms with Crippen LogP contribution < -0.4 is 0 Å². The SMILES string of the molecule is COCC#Cc1cnccc1C. The lowest BCUT2D eigenvalue weighted by atomic mass is 10.2. The lowest BCUT2D eigenvalue weighted by Gasteiger charge is -1.93. The van der Waals surface area contributed by atoms with Gasteiger partial charge in [-0.1, -0.05) is 11.8 Å². The summed E-state index contributed by atoms with van der Waals surface area (Å²) in [6.45, 7) is 2.48. The fraction of sp³-hybridized carbons (Fsp3) is 0.300. The summed E-state index contributed by atoms with van der Waals surface area (Å²) in [6.07, 6.45) is 3.52. The number of rotatable bonds is 1. The summed E-state index contributed by atoms with van der Waals surface area (Å²) in [4.78, 5) is 3.98. The van der Waals surface area contributed by atoms with Gasteiger partial charge < -0.3 is 4.74 Å². The molecule has 1 rings (SSSR count). The van der Waals surface area contributed by atoms with Crippen molar-refractivity contribution in [2.24, 2.45) is 0 Å². The lowest BCUT2D eigenvalue weighted by molar-refractivity contribution is 0.240. The van der Waals surface area contributed by atoms with Crippen LogP contribution in [0.4, 0.5) is 0 Å². The highest BCUT2D eigenvalue weighted by atomic mass is 16.5. The monoisotopic (exact) mass is 161 g/mol. The third kappa shape index (κ3) is 2.37. The number of pyridine rings is 1. The molecule has 2 nitrogen and oxygen atoms in total. The molecule has 12 heavy (non-hydrogen) atoms. The number of nitrogens with zero attached hydrogens (tertiary/aromatic N) is 1. The molecule has 0 aliphatic heterocycles. The Hall–Kier alpha value is -1.33. The zero-order valence-corrected chi connectivity index (χ0v) is 7.29. The van der Waals surface area contributed by atoms with Gasteiger partial charge in [-0.05, 0) is 18.6 Å². The van der Waals surface area contributed by atoms with Crippen molar-refractivity contribution in [3.8, 4) is 11.8 Å². The molecule has 1 aromatic heterocycles. The van der Waals surface area contributed by atoms with E-state index in [1.807, 2.05) is 13.0 Å². The summed E-state index contributed by atoms with van der Waals surface area (Å²) in [5.74, 6) is 5.86. The minimum atomic E-state index is 0.467. The molecule has 0 radical (unpaired) electrons. The molecule has 0 fully saturated rings. The Morgan fingerprint density at radius 1 is 1.58 bits per heavy atom. The summed E-state index contributed by atoms with van der Waals surface area (Å²) < 4.78 is 4.81. The highest BCUT2D eigenvalue weighted by Crippen LogP contribution is 2.01. The van der Waals surface area contributed by atoms with E-state index in [-0.39, 0.29) is 0 Å². The molecule has 0 aromatic carbocycles. The van der Waals surface area contributed by atoms with Crippen molar-refractivity contribution in [2.45, 2.75) is 6.92 Å². The van der Waals surface area contributed by atoms with Gasteiger partial charge in [-0.3, -0.25) is 4.98 Å². The number of hydrogen-bond acceptors (Lipinski definition) is 2. The smallest absolute Gasteiger partial charge is 0.107 e. The number of aromatic nitrogens is 1. The van der Waals surface area contributed by atoms with Gasteiger partial charge in [0.2, 0.25) is 0 Å². The Bertz CT molecular complexity index is 309. The van der Waals surface area contributed by atoms with Crippen molar-refractivity contribution >= 4 is 0 Å². The summed E-state index contributed by atoms with van der Waals surface area (Å²) >= 11 is 0. The van der Waals surface area contributed by atoms with Crippen LogP contribution in [0.2, 0.25) is 0 Å². The molecule has 1 aromatic rings. The van der Waals surface area contributed by atoms with Crippen molar-refractivity contribution in [3.63, 3.8) is 0 Å². The molecule has 0 atom stereocenters. The van der Waals surface area contributed by atoms with Crippen LogP contribution in [0.3, 0.4) is 0 Å². The maximum absolute atomic E-state index is 4.81. The summed E-state index contributed by atoms with van der Waals surface area (Å²) in [7, 11) is 1.63. The van der Waals surface area contributed by atoms with Crippen LogP contribution in [-0.2, 0) is 4.74 Å². The fourth-order valence-electron chi connectivity index (χ4n) is 0.798. The van der Waals surface area contributed by atoms with Crippen molar-refractivity contribution in [2.75, 3.05) is 13.7 Å². The second kappa shape index (κ2) is 4.53. The van der Waals surface area contributed by atoms with Gasteiger partial charge in [0.25, 0.3) is 0 Å². The number of methoxy groups -OCH3 is 1. The van der Waals surface area contributed by atoms with E-state index in [2.05, 4.69) is 16.8 Å². The van der Waals surface area contributed by atoms with Gasteiger partial charge in [-0.25, -0.2) is 0 Å². The van der Waals surface area contributed by atoms with Crippen LogP contribution in [0.25, 0.3) is 0 Å². The molecule has 62 valence electrons. The van der Waals surface area contributed by atoms with E-state index in [0.717, 1.165) is 11.1 Å². The maximum Gasteiger partial charge on any atom is 0.107 e. The Balaban J connectivity index is 2.77. The van der Waals surface area contributed by atoms with Crippen molar-refractivity contribution in [3.05, 3.63) is 29.6 Å². The molecule has 0 bridgehead atoms. The van der Waals surface area contributed by atoms with Crippen molar-refractivity contribution < 1.29 is 4.74 Å². The van der Waals surface area contributed by atoms with E-state index in [9.17, 15) is 0 Å². The quantitative estimate of drug-likeness (QED) is 0.581.